The van der Waals surface area contributed by atoms with E-state index in [9.17, 15) is 36.2 Å². The standard InChI is InChI=1S/C29H30F6N4O5/c1-4-5-18-14-19(27(41,28(30,31)32)29(33,34)35)6-10-23(18)44-22-9-8-21(36-16-22)12-13-39-25(40)38-26(2,17-43-39)20-7-11-24(42-3)37-15-20/h6-11,14-16,41H,4-5,12-13,17H2,1-3H3,(H,38,40). The maximum absolute atomic E-state index is 13.4. The summed E-state index contributed by atoms with van der Waals surface area (Å²) in [5.41, 5.74) is -5.86. The number of amides is 2. The summed E-state index contributed by atoms with van der Waals surface area (Å²) in [7, 11) is 1.50. The zero-order valence-electron chi connectivity index (χ0n) is 23.9. The van der Waals surface area contributed by atoms with Gasteiger partial charge in [0.05, 0.1) is 25.4 Å². The van der Waals surface area contributed by atoms with Crippen LogP contribution in [0.25, 0.3) is 0 Å². The van der Waals surface area contributed by atoms with Gasteiger partial charge >= 0.3 is 18.4 Å². The minimum Gasteiger partial charge on any atom is -0.481 e. The van der Waals surface area contributed by atoms with Crippen molar-refractivity contribution in [1.29, 1.82) is 0 Å². The van der Waals surface area contributed by atoms with Crippen molar-refractivity contribution in [2.75, 3.05) is 20.3 Å². The van der Waals surface area contributed by atoms with Crippen LogP contribution in [-0.2, 0) is 28.8 Å². The summed E-state index contributed by atoms with van der Waals surface area (Å²) >= 11 is 0. The number of methoxy groups -OCH3 is 1. The van der Waals surface area contributed by atoms with Crippen molar-refractivity contribution in [3.05, 3.63) is 77.2 Å². The lowest BCUT2D eigenvalue weighted by Gasteiger charge is -2.39. The lowest BCUT2D eigenvalue weighted by Crippen LogP contribution is -2.58. The van der Waals surface area contributed by atoms with Crippen molar-refractivity contribution >= 4 is 6.03 Å². The summed E-state index contributed by atoms with van der Waals surface area (Å²) in [5, 5.41) is 13.9. The molecule has 1 aliphatic heterocycles. The number of hydrogen-bond acceptors (Lipinski definition) is 7. The van der Waals surface area contributed by atoms with Crippen molar-refractivity contribution in [2.24, 2.45) is 0 Å². The van der Waals surface area contributed by atoms with Crippen LogP contribution in [0.3, 0.4) is 0 Å². The topological polar surface area (TPSA) is 106 Å². The van der Waals surface area contributed by atoms with Gasteiger partial charge in [0.25, 0.3) is 5.60 Å². The Kier molecular flexibility index (Phi) is 9.30. The summed E-state index contributed by atoms with van der Waals surface area (Å²) in [6.07, 6.45) is -8.28. The van der Waals surface area contributed by atoms with Gasteiger partial charge in [-0.2, -0.15) is 26.3 Å². The quantitative estimate of drug-likeness (QED) is 0.267. The number of carbonyl (C=O) groups excluding carboxylic acids is 1. The fourth-order valence-corrected chi connectivity index (χ4v) is 4.57. The Hall–Kier alpha value is -4.11. The number of carbonyl (C=O) groups is 1. The van der Waals surface area contributed by atoms with Crippen LogP contribution in [-0.4, -0.2) is 58.8 Å². The molecule has 238 valence electrons. The van der Waals surface area contributed by atoms with Crippen molar-refractivity contribution < 1.29 is 50.6 Å². The molecule has 2 aromatic heterocycles. The van der Waals surface area contributed by atoms with Crippen LogP contribution in [0.2, 0.25) is 0 Å². The maximum Gasteiger partial charge on any atom is 0.430 e. The number of ether oxygens (including phenoxy) is 2. The number of pyridine rings is 2. The van der Waals surface area contributed by atoms with E-state index in [-0.39, 0.29) is 36.6 Å². The number of urea groups is 1. The fraction of sp³-hybridized carbons (Fsp3) is 0.414. The lowest BCUT2D eigenvalue weighted by molar-refractivity contribution is -0.376. The molecular weight excluding hydrogens is 598 g/mol. The van der Waals surface area contributed by atoms with E-state index >= 15 is 0 Å². The summed E-state index contributed by atoms with van der Waals surface area (Å²) < 4.78 is 91.0. The minimum atomic E-state index is -6.00. The maximum atomic E-state index is 13.4. The lowest BCUT2D eigenvalue weighted by atomic mass is 9.90. The first-order valence-electron chi connectivity index (χ1n) is 13.5. The molecule has 4 rings (SSSR count). The molecule has 15 heteroatoms. The highest BCUT2D eigenvalue weighted by Gasteiger charge is 2.71. The Morgan fingerprint density at radius 1 is 1.02 bits per heavy atom. The fourth-order valence-electron chi connectivity index (χ4n) is 4.57. The van der Waals surface area contributed by atoms with Crippen LogP contribution in [0.1, 0.15) is 42.7 Å². The number of alkyl halides is 6. The van der Waals surface area contributed by atoms with Gasteiger partial charge in [0.2, 0.25) is 5.88 Å². The molecule has 0 radical (unpaired) electrons. The first kappa shape index (κ1) is 32.8. The molecule has 9 nitrogen and oxygen atoms in total. The van der Waals surface area contributed by atoms with Gasteiger partial charge in [0, 0.05) is 29.9 Å². The molecule has 44 heavy (non-hydrogen) atoms. The van der Waals surface area contributed by atoms with E-state index < -0.39 is 35.1 Å². The Balaban J connectivity index is 1.40. The summed E-state index contributed by atoms with van der Waals surface area (Å²) in [6.45, 7) is 3.81. The van der Waals surface area contributed by atoms with Gasteiger partial charge in [-0.05, 0) is 54.8 Å². The van der Waals surface area contributed by atoms with Crippen molar-refractivity contribution in [3.8, 4) is 17.4 Å². The van der Waals surface area contributed by atoms with E-state index in [1.807, 2.05) is 0 Å². The van der Waals surface area contributed by atoms with Crippen LogP contribution in [0, 0.1) is 0 Å². The normalized spacial score (nSPS) is 17.8. The average Bonchev–Trinajstić information content (AvgIpc) is 2.97. The highest BCUT2D eigenvalue weighted by atomic mass is 19.4. The number of halogens is 6. The molecule has 0 saturated carbocycles. The van der Waals surface area contributed by atoms with Crippen LogP contribution in [0.4, 0.5) is 31.1 Å². The Morgan fingerprint density at radius 3 is 2.30 bits per heavy atom. The predicted molar refractivity (Wildman–Crippen MR) is 144 cm³/mol. The van der Waals surface area contributed by atoms with E-state index in [0.717, 1.165) is 11.6 Å². The largest absolute Gasteiger partial charge is 0.481 e. The van der Waals surface area contributed by atoms with Crippen LogP contribution in [0.5, 0.6) is 17.4 Å². The van der Waals surface area contributed by atoms with Gasteiger partial charge in [-0.1, -0.05) is 19.4 Å². The molecule has 1 fully saturated rings. The zero-order chi connectivity index (χ0) is 32.3. The number of aryl methyl sites for hydroxylation is 1. The van der Waals surface area contributed by atoms with Crippen LogP contribution in [0.15, 0.2) is 54.9 Å². The zero-order valence-corrected chi connectivity index (χ0v) is 23.9. The second-order valence-corrected chi connectivity index (χ2v) is 10.3. The molecule has 1 atom stereocenters. The minimum absolute atomic E-state index is 0.0188. The molecule has 0 aliphatic carbocycles. The van der Waals surface area contributed by atoms with Gasteiger partial charge in [-0.3, -0.25) is 9.82 Å². The molecule has 1 saturated heterocycles. The first-order valence-corrected chi connectivity index (χ1v) is 13.5. The monoisotopic (exact) mass is 628 g/mol. The summed E-state index contributed by atoms with van der Waals surface area (Å²) in [4.78, 5) is 26.9. The number of aliphatic hydroxyl groups is 1. The van der Waals surface area contributed by atoms with Crippen LogP contribution < -0.4 is 14.8 Å². The third-order valence-corrected chi connectivity index (χ3v) is 7.12. The summed E-state index contributed by atoms with van der Waals surface area (Å²) in [6, 6.07) is 8.28. The van der Waals surface area contributed by atoms with E-state index in [1.54, 1.807) is 38.2 Å². The van der Waals surface area contributed by atoms with Gasteiger partial charge in [0.15, 0.2) is 0 Å². The predicted octanol–water partition coefficient (Wildman–Crippen LogP) is 5.96. The van der Waals surface area contributed by atoms with Gasteiger partial charge in [0.1, 0.15) is 18.1 Å². The third kappa shape index (κ3) is 6.68. The van der Waals surface area contributed by atoms with Crippen molar-refractivity contribution in [2.45, 2.75) is 56.6 Å². The Labute approximate surface area is 248 Å². The highest BCUT2D eigenvalue weighted by molar-refractivity contribution is 5.75. The number of hydroxylamine groups is 2. The van der Waals surface area contributed by atoms with E-state index in [2.05, 4.69) is 15.3 Å². The first-order chi connectivity index (χ1) is 20.6. The molecule has 3 aromatic rings. The van der Waals surface area contributed by atoms with E-state index in [1.165, 1.54) is 24.4 Å². The number of benzene rings is 1. The molecule has 1 unspecified atom stereocenters. The van der Waals surface area contributed by atoms with Crippen molar-refractivity contribution in [3.63, 3.8) is 0 Å². The number of nitrogens with one attached hydrogen (secondary N) is 1. The SMILES string of the molecule is CCCc1cc(C(O)(C(F)(F)F)C(F)(F)F)ccc1Oc1ccc(CCN2OCC(C)(c3ccc(OC)nc3)NC2=O)nc1. The molecule has 1 aromatic carbocycles. The Bertz CT molecular complexity index is 1440. The molecule has 2 amide bonds. The summed E-state index contributed by atoms with van der Waals surface area (Å²) in [5.74, 6) is 0.631. The molecule has 0 spiro atoms. The smallest absolute Gasteiger partial charge is 0.430 e. The number of hydrogen-bond donors (Lipinski definition) is 2. The van der Waals surface area contributed by atoms with Gasteiger partial charge in [-0.25, -0.2) is 14.8 Å². The average molecular weight is 629 g/mol. The number of aromatic nitrogens is 2. The number of rotatable bonds is 10. The second kappa shape index (κ2) is 12.5. The molecule has 1 aliphatic rings. The van der Waals surface area contributed by atoms with E-state index in [4.69, 9.17) is 14.3 Å². The van der Waals surface area contributed by atoms with E-state index in [0.29, 0.717) is 36.5 Å². The van der Waals surface area contributed by atoms with Gasteiger partial charge < -0.3 is 19.9 Å². The molecule has 0 bridgehead atoms. The van der Waals surface area contributed by atoms with Crippen LogP contribution >= 0.6 is 0 Å². The second-order valence-electron chi connectivity index (χ2n) is 10.3. The number of nitrogens with zero attached hydrogens (tertiary/aromatic N) is 3. The molecule has 2 N–H and O–H groups in total. The molecule has 3 heterocycles. The Morgan fingerprint density at radius 2 is 1.75 bits per heavy atom. The highest BCUT2D eigenvalue weighted by Crippen LogP contribution is 2.50. The van der Waals surface area contributed by atoms with Crippen molar-refractivity contribution in [1.82, 2.24) is 20.3 Å². The van der Waals surface area contributed by atoms with Gasteiger partial charge in [-0.15, -0.1) is 0 Å². The third-order valence-electron chi connectivity index (χ3n) is 7.12. The molecular formula is C29H30F6N4O5.